The summed E-state index contributed by atoms with van der Waals surface area (Å²) in [5.41, 5.74) is 2.09. The van der Waals surface area contributed by atoms with Gasteiger partial charge in [-0.2, -0.15) is 0 Å². The molecule has 0 aliphatic rings. The summed E-state index contributed by atoms with van der Waals surface area (Å²) in [7, 11) is 4.45. The van der Waals surface area contributed by atoms with Crippen LogP contribution in [0.4, 0.5) is 5.69 Å². The first-order valence-electron chi connectivity index (χ1n) is 10.2. The van der Waals surface area contributed by atoms with Gasteiger partial charge in [0, 0.05) is 23.2 Å². The first kappa shape index (κ1) is 23.1. The van der Waals surface area contributed by atoms with Gasteiger partial charge in [-0.1, -0.05) is 24.3 Å². The van der Waals surface area contributed by atoms with Crippen LogP contribution in [0.3, 0.4) is 0 Å². The maximum atomic E-state index is 12.9. The summed E-state index contributed by atoms with van der Waals surface area (Å²) in [4.78, 5) is 31.0. The van der Waals surface area contributed by atoms with Crippen LogP contribution in [0.25, 0.3) is 21.5 Å². The predicted octanol–water partition coefficient (Wildman–Crippen LogP) is 4.78. The molecular formula is C25H22N2O6S. The van der Waals surface area contributed by atoms with Crippen molar-refractivity contribution in [2.75, 3.05) is 33.3 Å². The normalized spacial score (nSPS) is 10.6. The molecule has 0 bridgehead atoms. The number of aromatic nitrogens is 1. The van der Waals surface area contributed by atoms with Crippen LogP contribution < -0.4 is 19.5 Å². The summed E-state index contributed by atoms with van der Waals surface area (Å²) in [5.74, 6) is 0.0495. The summed E-state index contributed by atoms with van der Waals surface area (Å²) < 4.78 is 21.2. The van der Waals surface area contributed by atoms with Gasteiger partial charge in [0.05, 0.1) is 43.0 Å². The lowest BCUT2D eigenvalue weighted by molar-refractivity contribution is -0.119. The summed E-state index contributed by atoms with van der Waals surface area (Å²) in [6.45, 7) is -0.472. The van der Waals surface area contributed by atoms with Crippen LogP contribution in [0.1, 0.15) is 10.4 Å². The molecule has 34 heavy (non-hydrogen) atoms. The Morgan fingerprint density at radius 2 is 1.68 bits per heavy atom. The van der Waals surface area contributed by atoms with Crippen molar-refractivity contribution in [3.63, 3.8) is 0 Å². The third-order valence-electron chi connectivity index (χ3n) is 4.99. The number of ether oxygens (including phenoxy) is 4. The first-order valence-corrected chi connectivity index (χ1v) is 11.1. The number of methoxy groups -OCH3 is 3. The number of nitrogens with zero attached hydrogens (tertiary/aromatic N) is 1. The van der Waals surface area contributed by atoms with Crippen molar-refractivity contribution in [1.82, 2.24) is 4.98 Å². The fraction of sp³-hybridized carbons (Fsp3) is 0.160. The van der Waals surface area contributed by atoms with Crippen LogP contribution in [0, 0.1) is 0 Å². The molecule has 4 aromatic rings. The van der Waals surface area contributed by atoms with Crippen molar-refractivity contribution in [3.05, 3.63) is 65.5 Å². The van der Waals surface area contributed by atoms with Crippen molar-refractivity contribution < 1.29 is 28.5 Å². The summed E-state index contributed by atoms with van der Waals surface area (Å²) in [5, 5.41) is 5.27. The molecule has 2 aromatic carbocycles. The summed E-state index contributed by atoms with van der Waals surface area (Å²) in [6, 6.07) is 16.0. The Morgan fingerprint density at radius 1 is 0.941 bits per heavy atom. The number of carbonyl (C=O) groups is 2. The standard InChI is InChI=1S/C25H22N2O6S/c1-30-20-11-15(12-21(31-2)24(20)32-3)26-23(28)14-33-25(29)17-13-19(22-9-6-10-34-22)27-18-8-5-4-7-16(17)18/h4-13H,14H2,1-3H3,(H,26,28). The molecule has 1 amide bonds. The Hall–Kier alpha value is -4.11. The zero-order valence-corrected chi connectivity index (χ0v) is 19.6. The monoisotopic (exact) mass is 478 g/mol. The van der Waals surface area contributed by atoms with E-state index in [1.165, 1.54) is 32.7 Å². The van der Waals surface area contributed by atoms with Gasteiger partial charge in [0.1, 0.15) is 0 Å². The van der Waals surface area contributed by atoms with Crippen LogP contribution in [-0.2, 0) is 9.53 Å². The average Bonchev–Trinajstić information content (AvgIpc) is 3.41. The molecule has 0 spiro atoms. The van der Waals surface area contributed by atoms with Crippen molar-refractivity contribution in [1.29, 1.82) is 0 Å². The molecule has 4 rings (SSSR count). The Bertz CT molecular complexity index is 1310. The second kappa shape index (κ2) is 10.2. The fourth-order valence-corrected chi connectivity index (χ4v) is 4.14. The maximum Gasteiger partial charge on any atom is 0.339 e. The topological polar surface area (TPSA) is 96.0 Å². The number of hydrogen-bond acceptors (Lipinski definition) is 8. The highest BCUT2D eigenvalue weighted by Crippen LogP contribution is 2.40. The molecule has 0 atom stereocenters. The number of amides is 1. The minimum Gasteiger partial charge on any atom is -0.493 e. The number of rotatable bonds is 8. The van der Waals surface area contributed by atoms with E-state index in [-0.39, 0.29) is 0 Å². The number of esters is 1. The lowest BCUT2D eigenvalue weighted by atomic mass is 10.1. The molecular weight excluding hydrogens is 456 g/mol. The molecule has 0 saturated carbocycles. The van der Waals surface area contributed by atoms with E-state index < -0.39 is 18.5 Å². The number of benzene rings is 2. The van der Waals surface area contributed by atoms with Gasteiger partial charge in [0.15, 0.2) is 18.1 Å². The van der Waals surface area contributed by atoms with E-state index in [4.69, 9.17) is 18.9 Å². The van der Waals surface area contributed by atoms with E-state index in [0.29, 0.717) is 45.1 Å². The Morgan fingerprint density at radius 3 is 2.32 bits per heavy atom. The van der Waals surface area contributed by atoms with Gasteiger partial charge in [-0.3, -0.25) is 4.79 Å². The summed E-state index contributed by atoms with van der Waals surface area (Å²) in [6.07, 6.45) is 0. The van der Waals surface area contributed by atoms with Gasteiger partial charge < -0.3 is 24.3 Å². The third kappa shape index (κ3) is 4.79. The number of nitrogens with one attached hydrogen (secondary N) is 1. The van der Waals surface area contributed by atoms with Gasteiger partial charge in [0.25, 0.3) is 5.91 Å². The molecule has 0 aliphatic heterocycles. The van der Waals surface area contributed by atoms with E-state index in [1.54, 1.807) is 24.3 Å². The molecule has 9 heteroatoms. The highest BCUT2D eigenvalue weighted by molar-refractivity contribution is 7.13. The maximum absolute atomic E-state index is 12.9. The van der Waals surface area contributed by atoms with Crippen LogP contribution in [0.2, 0.25) is 0 Å². The SMILES string of the molecule is COc1cc(NC(=O)COC(=O)c2cc(-c3cccs3)nc3ccccc23)cc(OC)c1OC. The number of carbonyl (C=O) groups excluding carboxylic acids is 2. The Balaban J connectivity index is 1.52. The highest BCUT2D eigenvalue weighted by Gasteiger charge is 2.18. The van der Waals surface area contributed by atoms with Gasteiger partial charge in [-0.25, -0.2) is 9.78 Å². The number of anilines is 1. The number of thiophene rings is 1. The molecule has 0 aliphatic carbocycles. The largest absolute Gasteiger partial charge is 0.493 e. The first-order chi connectivity index (χ1) is 16.5. The zero-order valence-electron chi connectivity index (χ0n) is 18.8. The van der Waals surface area contributed by atoms with Crippen molar-refractivity contribution in [3.8, 4) is 27.8 Å². The minimum absolute atomic E-state index is 0.342. The van der Waals surface area contributed by atoms with Crippen molar-refractivity contribution >= 4 is 39.8 Å². The fourth-order valence-electron chi connectivity index (χ4n) is 3.45. The zero-order chi connectivity index (χ0) is 24.1. The molecule has 8 nitrogen and oxygen atoms in total. The number of pyridine rings is 1. The quantitative estimate of drug-likeness (QED) is 0.364. The highest BCUT2D eigenvalue weighted by atomic mass is 32.1. The van der Waals surface area contributed by atoms with E-state index in [9.17, 15) is 9.59 Å². The van der Waals surface area contributed by atoms with E-state index >= 15 is 0 Å². The van der Waals surface area contributed by atoms with Crippen LogP contribution in [0.15, 0.2) is 60.0 Å². The molecule has 0 radical (unpaired) electrons. The smallest absolute Gasteiger partial charge is 0.339 e. The van der Waals surface area contributed by atoms with E-state index in [0.717, 1.165) is 4.88 Å². The van der Waals surface area contributed by atoms with Gasteiger partial charge in [0.2, 0.25) is 5.75 Å². The molecule has 0 fully saturated rings. The number of fused-ring (bicyclic) bond motifs is 1. The van der Waals surface area contributed by atoms with Crippen molar-refractivity contribution in [2.24, 2.45) is 0 Å². The second-order valence-corrected chi connectivity index (χ2v) is 8.04. The van der Waals surface area contributed by atoms with Crippen LogP contribution >= 0.6 is 11.3 Å². The van der Waals surface area contributed by atoms with E-state index in [2.05, 4.69) is 10.3 Å². The minimum atomic E-state index is -0.614. The van der Waals surface area contributed by atoms with Gasteiger partial charge >= 0.3 is 5.97 Å². The molecule has 2 aromatic heterocycles. The molecule has 0 unspecified atom stereocenters. The van der Waals surface area contributed by atoms with Crippen molar-refractivity contribution in [2.45, 2.75) is 0 Å². The Kier molecular flexibility index (Phi) is 6.93. The summed E-state index contributed by atoms with van der Waals surface area (Å²) >= 11 is 1.52. The average molecular weight is 479 g/mol. The predicted molar refractivity (Wildman–Crippen MR) is 130 cm³/mol. The van der Waals surface area contributed by atoms with Gasteiger partial charge in [-0.15, -0.1) is 11.3 Å². The molecule has 174 valence electrons. The lowest BCUT2D eigenvalue weighted by Crippen LogP contribution is -2.21. The number of hydrogen-bond donors (Lipinski definition) is 1. The van der Waals surface area contributed by atoms with Crippen LogP contribution in [-0.4, -0.2) is 44.8 Å². The second-order valence-electron chi connectivity index (χ2n) is 7.09. The lowest BCUT2D eigenvalue weighted by Gasteiger charge is -2.14. The van der Waals surface area contributed by atoms with Gasteiger partial charge in [-0.05, 0) is 23.6 Å². The third-order valence-corrected chi connectivity index (χ3v) is 5.88. The molecule has 0 saturated heterocycles. The molecule has 2 heterocycles. The molecule has 1 N–H and O–H groups in total. The Labute approximate surface area is 200 Å². The van der Waals surface area contributed by atoms with E-state index in [1.807, 2.05) is 35.7 Å². The number of para-hydroxylation sites is 1. The van der Waals surface area contributed by atoms with Crippen LogP contribution in [0.5, 0.6) is 17.2 Å².